The van der Waals surface area contributed by atoms with Gasteiger partial charge < -0.3 is 9.84 Å². The smallest absolute Gasteiger partial charge is 0.139 e. The van der Waals surface area contributed by atoms with Gasteiger partial charge in [0.2, 0.25) is 0 Å². The van der Waals surface area contributed by atoms with E-state index in [1.165, 1.54) is 6.33 Å². The molecule has 0 aliphatic carbocycles. The number of hydrogen-bond donors (Lipinski definition) is 1. The second kappa shape index (κ2) is 9.09. The van der Waals surface area contributed by atoms with Crippen molar-refractivity contribution >= 4 is 23.2 Å². The summed E-state index contributed by atoms with van der Waals surface area (Å²) < 4.78 is 7.55. The van der Waals surface area contributed by atoms with Gasteiger partial charge in [0.15, 0.2) is 0 Å². The number of aliphatic hydroxyl groups is 1. The Morgan fingerprint density at radius 2 is 1.93 bits per heavy atom. The zero-order valence-corrected chi connectivity index (χ0v) is 17.9. The number of hydrogen-bond acceptors (Lipinski definition) is 4. The molecule has 0 bridgehead atoms. The minimum atomic E-state index is -0.578. The van der Waals surface area contributed by atoms with E-state index in [0.29, 0.717) is 28.8 Å². The van der Waals surface area contributed by atoms with Crippen molar-refractivity contribution < 1.29 is 9.84 Å². The quantitative estimate of drug-likeness (QED) is 0.624. The molecule has 0 spiro atoms. The van der Waals surface area contributed by atoms with E-state index < -0.39 is 6.10 Å². The van der Waals surface area contributed by atoms with Crippen LogP contribution in [0.3, 0.4) is 0 Å². The van der Waals surface area contributed by atoms with E-state index in [1.54, 1.807) is 29.2 Å². The lowest BCUT2D eigenvalue weighted by molar-refractivity contribution is 0.0123. The van der Waals surface area contributed by atoms with E-state index in [2.05, 4.69) is 10.1 Å². The molecule has 0 radical (unpaired) electrons. The minimum Gasteiger partial charge on any atom is -0.488 e. The number of halogens is 2. The molecule has 1 N–H and O–H groups in total. The molecule has 7 heteroatoms. The summed E-state index contributed by atoms with van der Waals surface area (Å²) in [5.41, 5.74) is 1.91. The molecule has 0 unspecified atom stereocenters. The van der Waals surface area contributed by atoms with Gasteiger partial charge in [0.1, 0.15) is 30.0 Å². The highest BCUT2D eigenvalue weighted by atomic mass is 35.5. The largest absolute Gasteiger partial charge is 0.488 e. The second-order valence-electron chi connectivity index (χ2n) is 7.86. The lowest BCUT2D eigenvalue weighted by Gasteiger charge is -2.33. The first-order valence-corrected chi connectivity index (χ1v) is 9.61. The summed E-state index contributed by atoms with van der Waals surface area (Å²) in [6.07, 6.45) is 3.19. The molecule has 0 fully saturated rings. The summed E-state index contributed by atoms with van der Waals surface area (Å²) in [7, 11) is 0. The van der Waals surface area contributed by atoms with Crippen LogP contribution in [0.5, 0.6) is 5.75 Å². The first kappa shape index (κ1) is 21.7. The van der Waals surface area contributed by atoms with Crippen LogP contribution in [0.25, 0.3) is 0 Å². The van der Waals surface area contributed by atoms with Crippen LogP contribution >= 0.6 is 23.2 Å². The highest BCUT2D eigenvalue weighted by Crippen LogP contribution is 2.34. The third-order valence-corrected chi connectivity index (χ3v) is 5.43. The summed E-state index contributed by atoms with van der Waals surface area (Å²) in [5.74, 6) is 0.555. The summed E-state index contributed by atoms with van der Waals surface area (Å²) in [5, 5.41) is 16.0. The molecule has 5 nitrogen and oxygen atoms in total. The zero-order chi connectivity index (χ0) is 20.2. The van der Waals surface area contributed by atoms with Crippen molar-refractivity contribution in [2.24, 2.45) is 5.41 Å². The van der Waals surface area contributed by atoms with Crippen molar-refractivity contribution in [3.8, 4) is 5.75 Å². The molecule has 1 heterocycles. The van der Waals surface area contributed by atoms with Gasteiger partial charge in [-0.25, -0.2) is 9.67 Å². The number of allylic oxidation sites excluding steroid dienone is 1. The van der Waals surface area contributed by atoms with E-state index in [9.17, 15) is 5.11 Å². The van der Waals surface area contributed by atoms with Crippen LogP contribution in [0.1, 0.15) is 47.1 Å². The van der Waals surface area contributed by atoms with Gasteiger partial charge >= 0.3 is 0 Å². The molecule has 0 saturated heterocycles. The topological polar surface area (TPSA) is 60.2 Å². The second-order valence-corrected chi connectivity index (χ2v) is 8.64. The van der Waals surface area contributed by atoms with Crippen LogP contribution < -0.4 is 4.74 Å². The molecule has 27 heavy (non-hydrogen) atoms. The molecule has 0 aliphatic heterocycles. The van der Waals surface area contributed by atoms with Crippen molar-refractivity contribution in [2.75, 3.05) is 6.61 Å². The predicted octanol–water partition coefficient (Wildman–Crippen LogP) is 5.34. The third kappa shape index (κ3) is 5.71. The Morgan fingerprint density at radius 1 is 1.22 bits per heavy atom. The fraction of sp³-hybridized carbons (Fsp3) is 0.500. The van der Waals surface area contributed by atoms with Gasteiger partial charge in [0.05, 0.1) is 17.2 Å². The normalized spacial score (nSPS) is 15.3. The first-order chi connectivity index (χ1) is 12.6. The number of aromatic nitrogens is 3. The molecule has 0 aliphatic rings. The molecular weight excluding hydrogens is 385 g/mol. The van der Waals surface area contributed by atoms with Crippen LogP contribution in [0, 0.1) is 5.41 Å². The summed E-state index contributed by atoms with van der Waals surface area (Å²) >= 11 is 12.2. The first-order valence-electron chi connectivity index (χ1n) is 8.85. The maximum atomic E-state index is 10.8. The van der Waals surface area contributed by atoms with Gasteiger partial charge in [-0.2, -0.15) is 5.10 Å². The average Bonchev–Trinajstić information content (AvgIpc) is 3.13. The Balaban J connectivity index is 2.15. The van der Waals surface area contributed by atoms with Crippen molar-refractivity contribution in [1.82, 2.24) is 14.8 Å². The molecule has 2 aromatic rings. The van der Waals surface area contributed by atoms with Gasteiger partial charge in [0, 0.05) is 0 Å². The van der Waals surface area contributed by atoms with Gasteiger partial charge in [-0.15, -0.1) is 0 Å². The van der Waals surface area contributed by atoms with Gasteiger partial charge in [-0.3, -0.25) is 0 Å². The van der Waals surface area contributed by atoms with E-state index in [1.807, 2.05) is 34.6 Å². The Hall–Kier alpha value is -1.56. The van der Waals surface area contributed by atoms with Crippen LogP contribution in [-0.4, -0.2) is 32.6 Å². The van der Waals surface area contributed by atoms with Gasteiger partial charge in [-0.1, -0.05) is 55.6 Å². The fourth-order valence-electron chi connectivity index (χ4n) is 2.71. The highest BCUT2D eigenvalue weighted by Gasteiger charge is 2.32. The molecule has 148 valence electrons. The molecular formula is C20H27Cl2N3O2. The Kier molecular flexibility index (Phi) is 7.32. The molecule has 1 aromatic heterocycles. The van der Waals surface area contributed by atoms with Crippen molar-refractivity contribution in [3.63, 3.8) is 0 Å². The monoisotopic (exact) mass is 411 g/mol. The van der Waals surface area contributed by atoms with Crippen LogP contribution in [0.2, 0.25) is 10.0 Å². The van der Waals surface area contributed by atoms with E-state index in [0.717, 1.165) is 11.1 Å². The van der Waals surface area contributed by atoms with E-state index >= 15 is 0 Å². The lowest BCUT2D eigenvalue weighted by atomic mass is 9.82. The van der Waals surface area contributed by atoms with Crippen molar-refractivity contribution in [1.29, 1.82) is 0 Å². The predicted molar refractivity (Wildman–Crippen MR) is 109 cm³/mol. The highest BCUT2D eigenvalue weighted by molar-refractivity contribution is 6.42. The lowest BCUT2D eigenvalue weighted by Crippen LogP contribution is -2.36. The number of aliphatic hydroxyl groups excluding tert-OH is 1. The Morgan fingerprint density at radius 3 is 2.52 bits per heavy atom. The van der Waals surface area contributed by atoms with Gasteiger partial charge in [-0.05, 0) is 43.4 Å². The van der Waals surface area contributed by atoms with Crippen LogP contribution in [0.15, 0.2) is 42.0 Å². The summed E-state index contributed by atoms with van der Waals surface area (Å²) in [4.78, 5) is 4.03. The zero-order valence-electron chi connectivity index (χ0n) is 16.4. The SMILES string of the molecule is C/C(COc1cccc(Cl)c1Cl)=C(/C)C[C@H]([C@H](O)C(C)(C)C)n1cncn1. The molecule has 1 aromatic carbocycles. The van der Waals surface area contributed by atoms with E-state index in [4.69, 9.17) is 27.9 Å². The summed E-state index contributed by atoms with van der Waals surface area (Å²) in [6.45, 7) is 10.5. The summed E-state index contributed by atoms with van der Waals surface area (Å²) in [6, 6.07) is 5.10. The molecule has 0 saturated carbocycles. The van der Waals surface area contributed by atoms with Crippen molar-refractivity contribution in [3.05, 3.63) is 52.0 Å². The minimum absolute atomic E-state index is 0.211. The van der Waals surface area contributed by atoms with E-state index in [-0.39, 0.29) is 11.5 Å². The van der Waals surface area contributed by atoms with Gasteiger partial charge in [0.25, 0.3) is 0 Å². The van der Waals surface area contributed by atoms with Crippen LogP contribution in [0.4, 0.5) is 0 Å². The number of ether oxygens (including phenoxy) is 1. The number of nitrogens with zero attached hydrogens (tertiary/aromatic N) is 3. The Labute approximate surface area is 171 Å². The number of benzene rings is 1. The number of rotatable bonds is 7. The van der Waals surface area contributed by atoms with Crippen LogP contribution in [-0.2, 0) is 0 Å². The Bertz CT molecular complexity index is 783. The maximum Gasteiger partial charge on any atom is 0.139 e. The average molecular weight is 412 g/mol. The third-order valence-electron chi connectivity index (χ3n) is 4.63. The van der Waals surface area contributed by atoms with Crippen molar-refractivity contribution in [2.45, 2.75) is 53.2 Å². The standard InChI is InChI=1S/C20H27Cl2N3O2/c1-13(14(2)10-27-17-8-6-7-15(21)18(17)22)9-16(19(26)20(3,4)5)25-12-23-11-24-25/h6-8,11-12,16,19,26H,9-10H2,1-5H3/b14-13+/t16-,19+/m1/s1. The molecule has 2 rings (SSSR count). The molecule has 0 amide bonds. The maximum absolute atomic E-state index is 10.8. The molecule has 2 atom stereocenters. The fourth-order valence-corrected chi connectivity index (χ4v) is 3.05.